The molecule has 1 fully saturated rings. The summed E-state index contributed by atoms with van der Waals surface area (Å²) >= 11 is 0. The Labute approximate surface area is 167 Å². The highest BCUT2D eigenvalue weighted by Crippen LogP contribution is 2.43. The van der Waals surface area contributed by atoms with Crippen molar-refractivity contribution in [3.8, 4) is 0 Å². The fraction of sp³-hybridized carbons (Fsp3) is 0.875. The van der Waals surface area contributed by atoms with Crippen LogP contribution in [0.1, 0.15) is 6.92 Å². The molecule has 1 aliphatic rings. The second kappa shape index (κ2) is 8.43. The molecule has 30 heavy (non-hydrogen) atoms. The van der Waals surface area contributed by atoms with Gasteiger partial charge in [0.25, 0.3) is 11.6 Å². The molecule has 22 heteroatoms. The minimum absolute atomic E-state index is 0.672. The number of nitrogens with one attached hydrogen (secondary N) is 1. The van der Waals surface area contributed by atoms with E-state index >= 15 is 0 Å². The van der Waals surface area contributed by atoms with E-state index in [0.29, 0.717) is 6.92 Å². The van der Waals surface area contributed by atoms with E-state index in [-0.39, 0.29) is 0 Å². The molecule has 0 aromatic rings. The average Bonchev–Trinajstić information content (AvgIpc) is 2.42. The topological polar surface area (TPSA) is 310 Å². The van der Waals surface area contributed by atoms with Gasteiger partial charge in [0, 0.05) is 6.92 Å². The average molecular weight is 509 g/mol. The Bertz CT molecular complexity index is 973. The highest BCUT2D eigenvalue weighted by Gasteiger charge is 2.73. The van der Waals surface area contributed by atoms with Crippen molar-refractivity contribution < 1.29 is 81.4 Å². The summed E-state index contributed by atoms with van der Waals surface area (Å²) < 4.78 is 108. The van der Waals surface area contributed by atoms with E-state index in [1.807, 2.05) is 0 Å². The van der Waals surface area contributed by atoms with Crippen molar-refractivity contribution >= 4 is 37.1 Å². The maximum atomic E-state index is 11.3. The van der Waals surface area contributed by atoms with Gasteiger partial charge in [-0.05, 0) is 0 Å². The summed E-state index contributed by atoms with van der Waals surface area (Å²) in [5.41, 5.74) is 0. The summed E-state index contributed by atoms with van der Waals surface area (Å²) in [7, 11) is -17.6. The molecule has 1 aliphatic heterocycles. The lowest BCUT2D eigenvalue weighted by atomic mass is 9.88. The second-order valence-corrected chi connectivity index (χ2v) is 8.55. The van der Waals surface area contributed by atoms with Crippen molar-refractivity contribution in [1.29, 1.82) is 0 Å². The van der Waals surface area contributed by atoms with E-state index < -0.39 is 73.4 Å². The maximum absolute atomic E-state index is 11.3. The van der Waals surface area contributed by atoms with Gasteiger partial charge >= 0.3 is 31.2 Å². The monoisotopic (exact) mass is 509 g/mol. The summed E-state index contributed by atoms with van der Waals surface area (Å²) in [6.07, 6.45) is -9.38. The van der Waals surface area contributed by atoms with Gasteiger partial charge in [-0.2, -0.15) is 25.3 Å². The predicted molar refractivity (Wildman–Crippen MR) is 82.3 cm³/mol. The molecule has 1 unspecified atom stereocenters. The van der Waals surface area contributed by atoms with Crippen molar-refractivity contribution in [2.45, 2.75) is 43.2 Å². The minimum Gasteiger partial charge on any atom is -0.366 e. The van der Waals surface area contributed by atoms with E-state index in [4.69, 9.17) is 13.7 Å². The molecule has 1 rings (SSSR count). The molecule has 1 heterocycles. The Hall–Kier alpha value is -1.12. The number of aliphatic hydroxyl groups is 4. The van der Waals surface area contributed by atoms with Crippen LogP contribution < -0.4 is 5.32 Å². The van der Waals surface area contributed by atoms with Crippen LogP contribution in [0.25, 0.3) is 0 Å². The fourth-order valence-electron chi connectivity index (χ4n) is 2.30. The Kier molecular flexibility index (Phi) is 7.56. The van der Waals surface area contributed by atoms with Crippen LogP contribution in [0.3, 0.4) is 0 Å². The first-order valence-corrected chi connectivity index (χ1v) is 11.0. The van der Waals surface area contributed by atoms with Gasteiger partial charge in [0.1, 0.15) is 6.04 Å². The number of amides is 1. The second-order valence-electron chi connectivity index (χ2n) is 5.45. The quantitative estimate of drug-likeness (QED) is 0.112. The van der Waals surface area contributed by atoms with E-state index in [1.165, 1.54) is 5.32 Å². The lowest BCUT2D eigenvalue weighted by Gasteiger charge is -2.52. The number of aliphatic hydroxyl groups excluding tert-OH is 2. The number of carbonyl (C=O) groups excluding carboxylic acids is 1. The van der Waals surface area contributed by atoms with Crippen molar-refractivity contribution in [3.63, 3.8) is 0 Å². The molecular formula is C8H15NO18S3. The first kappa shape index (κ1) is 26.9. The predicted octanol–water partition coefficient (Wildman–Crippen LogP) is -5.64. The van der Waals surface area contributed by atoms with E-state index in [2.05, 4.69) is 17.3 Å². The number of hydrogen-bond acceptors (Lipinski definition) is 15. The highest BCUT2D eigenvalue weighted by molar-refractivity contribution is 7.81. The van der Waals surface area contributed by atoms with Gasteiger partial charge in [0.2, 0.25) is 12.2 Å². The minimum atomic E-state index is -6.01. The molecule has 0 radical (unpaired) electrons. The van der Waals surface area contributed by atoms with Crippen LogP contribution in [0.2, 0.25) is 0 Å². The van der Waals surface area contributed by atoms with E-state index in [0.717, 1.165) is 0 Å². The van der Waals surface area contributed by atoms with Crippen molar-refractivity contribution in [1.82, 2.24) is 5.32 Å². The Morgan fingerprint density at radius 2 is 1.40 bits per heavy atom. The third-order valence-electron chi connectivity index (χ3n) is 3.19. The molecule has 178 valence electrons. The fourth-order valence-corrected chi connectivity index (χ4v) is 3.73. The summed E-state index contributed by atoms with van der Waals surface area (Å²) in [6.45, 7) is 0.672. The Morgan fingerprint density at radius 3 is 1.77 bits per heavy atom. The van der Waals surface area contributed by atoms with Crippen LogP contribution in [-0.2, 0) is 53.3 Å². The largest absolute Gasteiger partial charge is 0.400 e. The van der Waals surface area contributed by atoms with Gasteiger partial charge in [0.15, 0.2) is 12.4 Å². The lowest BCUT2D eigenvalue weighted by molar-refractivity contribution is -0.444. The third kappa shape index (κ3) is 6.44. The van der Waals surface area contributed by atoms with Gasteiger partial charge in [-0.25, -0.2) is 12.5 Å². The Balaban J connectivity index is 3.80. The summed E-state index contributed by atoms with van der Waals surface area (Å²) in [6, 6.07) is -2.78. The molecule has 0 aromatic carbocycles. The molecule has 0 bridgehead atoms. The van der Waals surface area contributed by atoms with Crippen molar-refractivity contribution in [2.24, 2.45) is 0 Å². The number of rotatable bonds is 8. The first-order chi connectivity index (χ1) is 13.1. The van der Waals surface area contributed by atoms with Crippen LogP contribution in [0.15, 0.2) is 0 Å². The van der Waals surface area contributed by atoms with Crippen LogP contribution in [0, 0.1) is 0 Å². The molecule has 0 aromatic heterocycles. The number of hydrogen-bond donors (Lipinski definition) is 8. The van der Waals surface area contributed by atoms with Crippen LogP contribution in [0.4, 0.5) is 0 Å². The van der Waals surface area contributed by atoms with Crippen molar-refractivity contribution in [3.05, 3.63) is 0 Å². The van der Waals surface area contributed by atoms with Gasteiger partial charge in [-0.15, -0.1) is 0 Å². The molecule has 1 amide bonds. The Morgan fingerprint density at radius 1 is 0.967 bits per heavy atom. The zero-order valence-electron chi connectivity index (χ0n) is 14.2. The first-order valence-electron chi connectivity index (χ1n) is 6.86. The molecule has 0 spiro atoms. The standard InChI is InChI=1S/C8H15NO18S3/c1-2(10)9-3-5(11)24-4(6(12)25-28(15,16)17)8(14,27-30(21,22)23)7(3,13)26-29(18,19)20/h3-6,11-14H,1H3,(H,9,10)(H,15,16,17)(H,18,19,20)(H,21,22,23)/t3-,4+,5-,6?,7-,8-/m0/s1. The molecular weight excluding hydrogens is 494 g/mol. The summed E-state index contributed by atoms with van der Waals surface area (Å²) in [5, 5.41) is 42.1. The smallest absolute Gasteiger partial charge is 0.366 e. The van der Waals surface area contributed by atoms with Crippen LogP contribution in [-0.4, -0.2) is 102 Å². The number of carbonyl (C=O) groups is 1. The van der Waals surface area contributed by atoms with Gasteiger partial charge in [0.05, 0.1) is 0 Å². The SMILES string of the molecule is CC(=O)N[C@H]1[C@@H](O)O[C@H](C(O)OS(=O)(=O)O)[C@](O)(OS(=O)(=O)O)[C@@]1(O)OS(=O)(=O)O. The third-order valence-corrected chi connectivity index (χ3v) is 4.56. The normalized spacial score (nSPS) is 34.3. The lowest BCUT2D eigenvalue weighted by Crippen LogP contribution is -2.81. The number of ether oxygens (including phenoxy) is 1. The zero-order chi connectivity index (χ0) is 23.9. The molecule has 6 atom stereocenters. The van der Waals surface area contributed by atoms with E-state index in [1.54, 1.807) is 0 Å². The summed E-state index contributed by atoms with van der Waals surface area (Å²) in [5.74, 6) is -10.2. The van der Waals surface area contributed by atoms with E-state index in [9.17, 15) is 50.5 Å². The molecule has 1 saturated heterocycles. The molecule has 8 N–H and O–H groups in total. The molecule has 0 saturated carbocycles. The van der Waals surface area contributed by atoms with Gasteiger partial charge in [-0.1, -0.05) is 0 Å². The maximum Gasteiger partial charge on any atom is 0.400 e. The van der Waals surface area contributed by atoms with Crippen LogP contribution >= 0.6 is 0 Å². The zero-order valence-corrected chi connectivity index (χ0v) is 16.6. The van der Waals surface area contributed by atoms with Gasteiger partial charge in [-0.3, -0.25) is 18.5 Å². The molecule has 0 aliphatic carbocycles. The molecule has 19 nitrogen and oxygen atoms in total. The van der Waals surface area contributed by atoms with Gasteiger partial charge < -0.3 is 30.5 Å². The highest BCUT2D eigenvalue weighted by atomic mass is 32.3. The van der Waals surface area contributed by atoms with Crippen LogP contribution in [0.5, 0.6) is 0 Å². The summed E-state index contributed by atoms with van der Waals surface area (Å²) in [4.78, 5) is 11.3. The van der Waals surface area contributed by atoms with Crippen molar-refractivity contribution in [2.75, 3.05) is 0 Å².